The lowest BCUT2D eigenvalue weighted by Crippen LogP contribution is -2.17. The molecule has 0 radical (unpaired) electrons. The number of hydrogen-bond donors (Lipinski definition) is 1. The van der Waals surface area contributed by atoms with Crippen molar-refractivity contribution in [3.63, 3.8) is 0 Å². The Morgan fingerprint density at radius 2 is 2.44 bits per heavy atom. The Kier molecular flexibility index (Phi) is 5.31. The Hall–Kier alpha value is -2.43. The molecule has 7 heteroatoms. The summed E-state index contributed by atoms with van der Waals surface area (Å²) in [5.74, 6) is -0.443. The topological polar surface area (TPSA) is 79.9 Å². The van der Waals surface area contributed by atoms with E-state index in [9.17, 15) is 10.1 Å². The van der Waals surface area contributed by atoms with Gasteiger partial charge in [-0.1, -0.05) is 0 Å². The van der Waals surface area contributed by atoms with E-state index in [-0.39, 0.29) is 11.7 Å². The number of aryl methyl sites for hydroxylation is 1. The maximum atomic E-state index is 12.3. The van der Waals surface area contributed by atoms with Crippen LogP contribution < -0.4 is 5.32 Å². The standard InChI is InChI=1S/C18H20N4O2S/c1-12-8-14(13(2)22(12)11-16-4-3-6-24-16)9-15(10-19)17(23)21-18-20-5-7-25-18/h5,7-9,16H,3-4,6,11H2,1-2H3,(H,20,21,23). The first kappa shape index (κ1) is 17.4. The van der Waals surface area contributed by atoms with Crippen molar-refractivity contribution in [2.45, 2.75) is 39.3 Å². The zero-order chi connectivity index (χ0) is 17.8. The number of carbonyl (C=O) groups is 1. The van der Waals surface area contributed by atoms with Gasteiger partial charge in [-0.15, -0.1) is 11.3 Å². The Morgan fingerprint density at radius 3 is 3.08 bits per heavy atom. The van der Waals surface area contributed by atoms with Crippen LogP contribution in [0.1, 0.15) is 29.8 Å². The third-order valence-corrected chi connectivity index (χ3v) is 5.03. The molecular formula is C18H20N4O2S. The number of rotatable bonds is 5. The molecule has 1 aliphatic rings. The molecule has 1 aliphatic heterocycles. The Morgan fingerprint density at radius 1 is 1.60 bits per heavy atom. The zero-order valence-electron chi connectivity index (χ0n) is 14.3. The van der Waals surface area contributed by atoms with Gasteiger partial charge in [0, 0.05) is 36.1 Å². The third-order valence-electron chi connectivity index (χ3n) is 4.34. The zero-order valence-corrected chi connectivity index (χ0v) is 15.1. The van der Waals surface area contributed by atoms with Crippen LogP contribution in [-0.2, 0) is 16.1 Å². The van der Waals surface area contributed by atoms with Gasteiger partial charge in [-0.3, -0.25) is 10.1 Å². The lowest BCUT2D eigenvalue weighted by Gasteiger charge is -2.14. The summed E-state index contributed by atoms with van der Waals surface area (Å²) in [5, 5.41) is 14.3. The Labute approximate surface area is 150 Å². The average molecular weight is 356 g/mol. The molecule has 2 aromatic heterocycles. The van der Waals surface area contributed by atoms with Crippen LogP contribution in [-0.4, -0.2) is 28.2 Å². The van der Waals surface area contributed by atoms with Gasteiger partial charge in [-0.05, 0) is 44.4 Å². The van der Waals surface area contributed by atoms with Crippen molar-refractivity contribution in [3.05, 3.63) is 40.2 Å². The van der Waals surface area contributed by atoms with E-state index in [1.165, 1.54) is 11.3 Å². The van der Waals surface area contributed by atoms with Crippen molar-refractivity contribution in [3.8, 4) is 6.07 Å². The summed E-state index contributed by atoms with van der Waals surface area (Å²) >= 11 is 1.32. The number of hydrogen-bond acceptors (Lipinski definition) is 5. The highest BCUT2D eigenvalue weighted by Gasteiger charge is 2.19. The van der Waals surface area contributed by atoms with Gasteiger partial charge in [0.05, 0.1) is 6.10 Å². The molecule has 25 heavy (non-hydrogen) atoms. The molecule has 1 fully saturated rings. The quantitative estimate of drug-likeness (QED) is 0.658. The fraction of sp³-hybridized carbons (Fsp3) is 0.389. The molecule has 1 N–H and O–H groups in total. The van der Waals surface area contributed by atoms with Crippen LogP contribution in [0.15, 0.2) is 23.2 Å². The molecule has 3 rings (SSSR count). The van der Waals surface area contributed by atoms with Gasteiger partial charge in [-0.25, -0.2) is 4.98 Å². The normalized spacial score (nSPS) is 17.5. The van der Waals surface area contributed by atoms with E-state index in [1.807, 2.05) is 26.0 Å². The molecule has 0 bridgehead atoms. The molecule has 3 heterocycles. The number of anilines is 1. The van der Waals surface area contributed by atoms with Gasteiger partial charge < -0.3 is 9.30 Å². The predicted molar refractivity (Wildman–Crippen MR) is 97.2 cm³/mol. The van der Waals surface area contributed by atoms with Crippen molar-refractivity contribution in [2.75, 3.05) is 11.9 Å². The van der Waals surface area contributed by atoms with Crippen LogP contribution in [0.4, 0.5) is 5.13 Å². The second kappa shape index (κ2) is 7.64. The highest BCUT2D eigenvalue weighted by atomic mass is 32.1. The monoisotopic (exact) mass is 356 g/mol. The lowest BCUT2D eigenvalue weighted by atomic mass is 10.1. The van der Waals surface area contributed by atoms with E-state index in [4.69, 9.17) is 4.74 Å². The van der Waals surface area contributed by atoms with Crippen LogP contribution in [0.5, 0.6) is 0 Å². The van der Waals surface area contributed by atoms with Gasteiger partial charge in [0.2, 0.25) is 0 Å². The summed E-state index contributed by atoms with van der Waals surface area (Å²) in [4.78, 5) is 16.3. The summed E-state index contributed by atoms with van der Waals surface area (Å²) in [6.45, 7) is 5.66. The molecule has 0 saturated carbocycles. The lowest BCUT2D eigenvalue weighted by molar-refractivity contribution is -0.112. The number of carbonyl (C=O) groups excluding carboxylic acids is 1. The first-order valence-electron chi connectivity index (χ1n) is 8.19. The van der Waals surface area contributed by atoms with E-state index < -0.39 is 5.91 Å². The van der Waals surface area contributed by atoms with Crippen LogP contribution in [0, 0.1) is 25.2 Å². The van der Waals surface area contributed by atoms with Crippen molar-refractivity contribution in [2.24, 2.45) is 0 Å². The SMILES string of the molecule is Cc1cc(C=C(C#N)C(=O)Nc2nccs2)c(C)n1CC1CCCO1. The second-order valence-corrected chi connectivity index (χ2v) is 6.93. The molecule has 1 saturated heterocycles. The number of amides is 1. The first-order valence-corrected chi connectivity index (χ1v) is 9.07. The number of ether oxygens (including phenoxy) is 1. The first-order chi connectivity index (χ1) is 12.1. The van der Waals surface area contributed by atoms with Gasteiger partial charge in [0.1, 0.15) is 11.6 Å². The highest BCUT2D eigenvalue weighted by molar-refractivity contribution is 7.13. The highest BCUT2D eigenvalue weighted by Crippen LogP contribution is 2.22. The van der Waals surface area contributed by atoms with E-state index in [0.29, 0.717) is 5.13 Å². The smallest absolute Gasteiger partial charge is 0.268 e. The predicted octanol–water partition coefficient (Wildman–Crippen LogP) is 3.29. The fourth-order valence-electron chi connectivity index (χ4n) is 3.00. The van der Waals surface area contributed by atoms with E-state index in [0.717, 1.165) is 42.9 Å². The fourth-order valence-corrected chi connectivity index (χ4v) is 3.52. The van der Waals surface area contributed by atoms with Gasteiger partial charge in [0.15, 0.2) is 5.13 Å². The van der Waals surface area contributed by atoms with Crippen LogP contribution >= 0.6 is 11.3 Å². The molecule has 2 aromatic rings. The minimum atomic E-state index is -0.443. The molecule has 1 amide bonds. The van der Waals surface area contributed by atoms with E-state index in [1.54, 1.807) is 17.7 Å². The van der Waals surface area contributed by atoms with Crippen LogP contribution in [0.3, 0.4) is 0 Å². The van der Waals surface area contributed by atoms with Crippen LogP contribution in [0.2, 0.25) is 0 Å². The molecule has 1 atom stereocenters. The van der Waals surface area contributed by atoms with Crippen molar-refractivity contribution < 1.29 is 9.53 Å². The number of nitrogens with one attached hydrogen (secondary N) is 1. The summed E-state index contributed by atoms with van der Waals surface area (Å²) in [6, 6.07) is 3.98. The minimum Gasteiger partial charge on any atom is -0.376 e. The van der Waals surface area contributed by atoms with Crippen molar-refractivity contribution in [1.29, 1.82) is 5.26 Å². The third kappa shape index (κ3) is 3.98. The minimum absolute atomic E-state index is 0.0626. The molecule has 0 aromatic carbocycles. The van der Waals surface area contributed by atoms with Gasteiger partial charge >= 0.3 is 0 Å². The van der Waals surface area contributed by atoms with Gasteiger partial charge in [0.25, 0.3) is 5.91 Å². The summed E-state index contributed by atoms with van der Waals surface area (Å²) in [7, 11) is 0. The van der Waals surface area contributed by atoms with Gasteiger partial charge in [-0.2, -0.15) is 5.26 Å². The van der Waals surface area contributed by atoms with E-state index >= 15 is 0 Å². The Balaban J connectivity index is 1.81. The number of nitriles is 1. The largest absolute Gasteiger partial charge is 0.376 e. The average Bonchev–Trinajstić information content (AvgIpc) is 3.32. The molecule has 1 unspecified atom stereocenters. The Bertz CT molecular complexity index is 824. The molecule has 6 nitrogen and oxygen atoms in total. The summed E-state index contributed by atoms with van der Waals surface area (Å²) in [6.07, 6.45) is 5.66. The molecule has 130 valence electrons. The molecule has 0 aliphatic carbocycles. The van der Waals surface area contributed by atoms with Crippen LogP contribution in [0.25, 0.3) is 6.08 Å². The summed E-state index contributed by atoms with van der Waals surface area (Å²) in [5.41, 5.74) is 3.06. The molecular weight excluding hydrogens is 336 g/mol. The van der Waals surface area contributed by atoms with E-state index in [2.05, 4.69) is 14.9 Å². The number of aromatic nitrogens is 2. The summed E-state index contributed by atoms with van der Waals surface area (Å²) < 4.78 is 7.91. The maximum Gasteiger partial charge on any atom is 0.268 e. The number of thiazole rings is 1. The second-order valence-electron chi connectivity index (χ2n) is 6.03. The number of nitrogens with zero attached hydrogens (tertiary/aromatic N) is 3. The van der Waals surface area contributed by atoms with Crippen molar-refractivity contribution in [1.82, 2.24) is 9.55 Å². The van der Waals surface area contributed by atoms with Crippen molar-refractivity contribution >= 4 is 28.5 Å². The maximum absolute atomic E-state index is 12.3. The molecule has 0 spiro atoms.